The molecule has 0 radical (unpaired) electrons. The molecule has 24 heavy (non-hydrogen) atoms. The van der Waals surface area contributed by atoms with E-state index in [1.807, 2.05) is 51.1 Å². The number of hydrogen-bond donors (Lipinski definition) is 2. The second kappa shape index (κ2) is 9.67. The molecule has 0 aliphatic rings. The van der Waals surface area contributed by atoms with Gasteiger partial charge >= 0.3 is 0 Å². The summed E-state index contributed by atoms with van der Waals surface area (Å²) in [4.78, 5) is 13.2. The van der Waals surface area contributed by atoms with E-state index in [9.17, 15) is 4.79 Å². The highest BCUT2D eigenvalue weighted by atomic mass is 35.5. The normalized spacial score (nSPS) is 10.8. The fourth-order valence-corrected chi connectivity index (χ4v) is 2.80. The van der Waals surface area contributed by atoms with Crippen molar-refractivity contribution in [3.05, 3.63) is 52.2 Å². The van der Waals surface area contributed by atoms with Gasteiger partial charge in [-0.2, -0.15) is 0 Å². The lowest BCUT2D eigenvalue weighted by atomic mass is 10.1. The Morgan fingerprint density at radius 2 is 1.88 bits per heavy atom. The molecule has 0 spiro atoms. The topological polar surface area (TPSA) is 50.4 Å². The molecule has 1 amide bonds. The number of para-hydroxylation sites is 1. The average Bonchev–Trinajstić information content (AvgIpc) is 2.98. The van der Waals surface area contributed by atoms with E-state index in [2.05, 4.69) is 22.1 Å². The fraction of sp³-hybridized carbons (Fsp3) is 0.389. The predicted molar refractivity (Wildman–Crippen MR) is 102 cm³/mol. The van der Waals surface area contributed by atoms with E-state index in [1.54, 1.807) is 11.3 Å². The monoisotopic (exact) mass is 368 g/mol. The number of ether oxygens (including phenoxy) is 1. The van der Waals surface area contributed by atoms with Crippen LogP contribution in [0.4, 0.5) is 0 Å². The van der Waals surface area contributed by atoms with Crippen molar-refractivity contribution in [2.45, 2.75) is 39.4 Å². The van der Waals surface area contributed by atoms with Gasteiger partial charge in [0.25, 0.3) is 5.91 Å². The third kappa shape index (κ3) is 7.34. The number of amides is 1. The first-order valence-corrected chi connectivity index (χ1v) is 8.57. The number of rotatable bonds is 7. The van der Waals surface area contributed by atoms with E-state index in [-0.39, 0.29) is 30.5 Å². The van der Waals surface area contributed by atoms with Gasteiger partial charge in [0.15, 0.2) is 6.61 Å². The standard InChI is InChI=1S/C18H24N2O2S.ClH/c1-18(2,3)20-17(21)13-22-16-9-5-4-7-14(16)11-19-12-15-8-6-10-23-15;/h4-10,19H,11-13H2,1-3H3,(H,20,21);1H. The summed E-state index contributed by atoms with van der Waals surface area (Å²) in [5, 5.41) is 8.36. The van der Waals surface area contributed by atoms with Crippen molar-refractivity contribution in [2.24, 2.45) is 0 Å². The molecule has 0 atom stereocenters. The van der Waals surface area contributed by atoms with Crippen molar-refractivity contribution >= 4 is 29.7 Å². The lowest BCUT2D eigenvalue weighted by Crippen LogP contribution is -2.43. The molecule has 2 aromatic rings. The van der Waals surface area contributed by atoms with E-state index < -0.39 is 0 Å². The molecular formula is C18H25ClN2O2S. The zero-order valence-electron chi connectivity index (χ0n) is 14.3. The highest BCUT2D eigenvalue weighted by molar-refractivity contribution is 7.09. The third-order valence-corrected chi connectivity index (χ3v) is 3.92. The molecule has 0 bridgehead atoms. The van der Waals surface area contributed by atoms with Gasteiger partial charge in [-0.25, -0.2) is 0 Å². The molecule has 1 aromatic carbocycles. The van der Waals surface area contributed by atoms with Crippen molar-refractivity contribution in [1.82, 2.24) is 10.6 Å². The summed E-state index contributed by atoms with van der Waals surface area (Å²) in [5.74, 6) is 0.633. The Hall–Kier alpha value is -1.56. The number of thiophene rings is 1. The van der Waals surface area contributed by atoms with E-state index in [1.165, 1.54) is 4.88 Å². The summed E-state index contributed by atoms with van der Waals surface area (Å²) >= 11 is 1.73. The second-order valence-electron chi connectivity index (χ2n) is 6.38. The van der Waals surface area contributed by atoms with Gasteiger partial charge in [0.05, 0.1) is 0 Å². The van der Waals surface area contributed by atoms with E-state index >= 15 is 0 Å². The van der Waals surface area contributed by atoms with Gasteiger partial charge in [-0.05, 0) is 38.3 Å². The van der Waals surface area contributed by atoms with Crippen molar-refractivity contribution in [3.63, 3.8) is 0 Å². The highest BCUT2D eigenvalue weighted by Gasteiger charge is 2.14. The quantitative estimate of drug-likeness (QED) is 0.782. The van der Waals surface area contributed by atoms with Gasteiger partial charge in [-0.15, -0.1) is 23.7 Å². The number of carbonyl (C=O) groups excluding carboxylic acids is 1. The largest absolute Gasteiger partial charge is 0.483 e. The molecule has 2 rings (SSSR count). The van der Waals surface area contributed by atoms with Gasteiger partial charge in [-0.3, -0.25) is 4.79 Å². The van der Waals surface area contributed by atoms with Gasteiger partial charge in [0, 0.05) is 29.1 Å². The molecule has 0 unspecified atom stereocenters. The Morgan fingerprint density at radius 1 is 1.12 bits per heavy atom. The van der Waals surface area contributed by atoms with E-state index in [0.29, 0.717) is 6.54 Å². The molecule has 0 aliphatic heterocycles. The fourth-order valence-electron chi connectivity index (χ4n) is 2.12. The Kier molecular flexibility index (Phi) is 8.25. The molecule has 132 valence electrons. The van der Waals surface area contributed by atoms with Crippen molar-refractivity contribution in [3.8, 4) is 5.75 Å². The van der Waals surface area contributed by atoms with Crippen LogP contribution in [0.3, 0.4) is 0 Å². The molecular weight excluding hydrogens is 344 g/mol. The van der Waals surface area contributed by atoms with Gasteiger partial charge in [-0.1, -0.05) is 24.3 Å². The van der Waals surface area contributed by atoms with Crippen LogP contribution in [0.5, 0.6) is 5.75 Å². The number of hydrogen-bond acceptors (Lipinski definition) is 4. The number of carbonyl (C=O) groups is 1. The zero-order valence-corrected chi connectivity index (χ0v) is 15.9. The first-order chi connectivity index (χ1) is 10.9. The van der Waals surface area contributed by atoms with Crippen LogP contribution in [0.15, 0.2) is 41.8 Å². The maximum atomic E-state index is 11.9. The third-order valence-electron chi connectivity index (χ3n) is 3.04. The lowest BCUT2D eigenvalue weighted by Gasteiger charge is -2.20. The average molecular weight is 369 g/mol. The number of benzene rings is 1. The first-order valence-electron chi connectivity index (χ1n) is 7.69. The Labute approximate surface area is 154 Å². The summed E-state index contributed by atoms with van der Waals surface area (Å²) in [7, 11) is 0. The molecule has 4 nitrogen and oxygen atoms in total. The Morgan fingerprint density at radius 3 is 2.54 bits per heavy atom. The van der Waals surface area contributed by atoms with Crippen LogP contribution < -0.4 is 15.4 Å². The summed E-state index contributed by atoms with van der Waals surface area (Å²) in [5.41, 5.74) is 0.801. The van der Waals surface area contributed by atoms with Gasteiger partial charge in [0.1, 0.15) is 5.75 Å². The minimum absolute atomic E-state index is 0. The number of halogens is 1. The summed E-state index contributed by atoms with van der Waals surface area (Å²) < 4.78 is 5.68. The van der Waals surface area contributed by atoms with Crippen molar-refractivity contribution in [1.29, 1.82) is 0 Å². The number of nitrogens with one attached hydrogen (secondary N) is 2. The van der Waals surface area contributed by atoms with Crippen LogP contribution in [0.2, 0.25) is 0 Å². The SMILES string of the molecule is CC(C)(C)NC(=O)COc1ccccc1CNCc1cccs1.Cl. The Bertz CT molecular complexity index is 624. The van der Waals surface area contributed by atoms with Crippen LogP contribution in [0.1, 0.15) is 31.2 Å². The molecule has 0 aliphatic carbocycles. The van der Waals surface area contributed by atoms with Gasteiger partial charge in [0.2, 0.25) is 0 Å². The summed E-state index contributed by atoms with van der Waals surface area (Å²) in [6, 6.07) is 12.0. The van der Waals surface area contributed by atoms with Crippen LogP contribution in [0.25, 0.3) is 0 Å². The van der Waals surface area contributed by atoms with Crippen molar-refractivity contribution in [2.75, 3.05) is 6.61 Å². The molecule has 2 N–H and O–H groups in total. The van der Waals surface area contributed by atoms with Gasteiger partial charge < -0.3 is 15.4 Å². The molecule has 1 aromatic heterocycles. The van der Waals surface area contributed by atoms with Crippen LogP contribution in [0, 0.1) is 0 Å². The predicted octanol–water partition coefficient (Wildman–Crippen LogP) is 3.75. The summed E-state index contributed by atoms with van der Waals surface area (Å²) in [6.07, 6.45) is 0. The molecule has 0 saturated carbocycles. The molecule has 1 heterocycles. The lowest BCUT2D eigenvalue weighted by molar-refractivity contribution is -0.124. The zero-order chi connectivity index (χ0) is 16.7. The van der Waals surface area contributed by atoms with E-state index in [4.69, 9.17) is 4.74 Å². The molecule has 6 heteroatoms. The summed E-state index contributed by atoms with van der Waals surface area (Å²) in [6.45, 7) is 7.42. The first kappa shape index (κ1) is 20.5. The Balaban J connectivity index is 0.00000288. The maximum absolute atomic E-state index is 11.9. The minimum atomic E-state index is -0.248. The molecule has 0 fully saturated rings. The van der Waals surface area contributed by atoms with Crippen LogP contribution in [-0.2, 0) is 17.9 Å². The van der Waals surface area contributed by atoms with Crippen molar-refractivity contribution < 1.29 is 9.53 Å². The van der Waals surface area contributed by atoms with Crippen LogP contribution in [-0.4, -0.2) is 18.1 Å². The van der Waals surface area contributed by atoms with E-state index in [0.717, 1.165) is 17.9 Å². The van der Waals surface area contributed by atoms with Crippen LogP contribution >= 0.6 is 23.7 Å². The molecule has 0 saturated heterocycles. The second-order valence-corrected chi connectivity index (χ2v) is 7.41. The smallest absolute Gasteiger partial charge is 0.258 e. The minimum Gasteiger partial charge on any atom is -0.483 e. The highest BCUT2D eigenvalue weighted by Crippen LogP contribution is 2.18. The maximum Gasteiger partial charge on any atom is 0.258 e.